The minimum Gasteiger partial charge on any atom is -0.484 e. The van der Waals surface area contributed by atoms with Gasteiger partial charge in [0, 0.05) is 30.6 Å². The zero-order chi connectivity index (χ0) is 19.5. The van der Waals surface area contributed by atoms with Crippen molar-refractivity contribution in [2.75, 3.05) is 19.7 Å². The van der Waals surface area contributed by atoms with E-state index in [4.69, 9.17) is 9.15 Å². The van der Waals surface area contributed by atoms with Gasteiger partial charge < -0.3 is 19.2 Å². The molecule has 3 aromatic rings. The lowest BCUT2D eigenvalue weighted by Gasteiger charge is -2.29. The largest absolute Gasteiger partial charge is 0.484 e. The topological polar surface area (TPSA) is 80.0 Å². The molecule has 0 saturated carbocycles. The van der Waals surface area contributed by atoms with Gasteiger partial charge in [-0.15, -0.1) is 0 Å². The number of carbonyl (C=O) groups is 1. The maximum Gasteiger partial charge on any atom is 0.336 e. The Morgan fingerprint density at radius 3 is 2.61 bits per heavy atom. The van der Waals surface area contributed by atoms with Gasteiger partial charge in [0.05, 0.1) is 6.10 Å². The molecule has 1 aliphatic heterocycles. The molecule has 0 atom stereocenters. The number of nitrogens with zero attached hydrogens (tertiary/aromatic N) is 1. The van der Waals surface area contributed by atoms with E-state index in [-0.39, 0.29) is 18.6 Å². The van der Waals surface area contributed by atoms with Crippen molar-refractivity contribution in [3.05, 3.63) is 65.0 Å². The molecule has 1 fully saturated rings. The predicted molar refractivity (Wildman–Crippen MR) is 105 cm³/mol. The Morgan fingerprint density at radius 2 is 1.86 bits per heavy atom. The second kappa shape index (κ2) is 7.86. The minimum absolute atomic E-state index is 0.0930. The van der Waals surface area contributed by atoms with Gasteiger partial charge in [0.25, 0.3) is 5.91 Å². The van der Waals surface area contributed by atoms with Crippen molar-refractivity contribution in [1.82, 2.24) is 4.90 Å². The molecule has 1 aliphatic rings. The van der Waals surface area contributed by atoms with E-state index >= 15 is 0 Å². The first kappa shape index (κ1) is 18.3. The number of likely N-dealkylation sites (tertiary alicyclic amines) is 1. The highest BCUT2D eigenvalue weighted by Crippen LogP contribution is 2.29. The molecule has 0 aliphatic carbocycles. The van der Waals surface area contributed by atoms with Gasteiger partial charge >= 0.3 is 5.63 Å². The number of aliphatic hydroxyl groups is 1. The Labute approximate surface area is 162 Å². The summed E-state index contributed by atoms with van der Waals surface area (Å²) < 4.78 is 11.0. The zero-order valence-corrected chi connectivity index (χ0v) is 15.3. The van der Waals surface area contributed by atoms with E-state index in [9.17, 15) is 14.7 Å². The average molecular weight is 379 g/mol. The molecule has 2 heterocycles. The summed E-state index contributed by atoms with van der Waals surface area (Å²) in [5, 5.41) is 10.3. The third-order valence-electron chi connectivity index (χ3n) is 4.98. The summed E-state index contributed by atoms with van der Waals surface area (Å²) in [7, 11) is 0. The van der Waals surface area contributed by atoms with Gasteiger partial charge in [-0.1, -0.05) is 30.3 Å². The number of aliphatic hydroxyl groups excluding tert-OH is 1. The summed E-state index contributed by atoms with van der Waals surface area (Å²) in [6.45, 7) is 0.983. The van der Waals surface area contributed by atoms with Gasteiger partial charge in [-0.2, -0.15) is 0 Å². The molecule has 1 N–H and O–H groups in total. The van der Waals surface area contributed by atoms with Crippen molar-refractivity contribution >= 4 is 16.9 Å². The molecule has 2 aromatic carbocycles. The number of piperidine rings is 1. The number of benzene rings is 2. The summed E-state index contributed by atoms with van der Waals surface area (Å²) in [6.07, 6.45) is 0.858. The Hall–Kier alpha value is -3.12. The maximum atomic E-state index is 12.3. The molecule has 28 heavy (non-hydrogen) atoms. The van der Waals surface area contributed by atoms with Crippen molar-refractivity contribution in [2.45, 2.75) is 18.9 Å². The van der Waals surface area contributed by atoms with Crippen LogP contribution in [-0.2, 0) is 4.79 Å². The van der Waals surface area contributed by atoms with Gasteiger partial charge in [0.1, 0.15) is 11.3 Å². The first-order valence-corrected chi connectivity index (χ1v) is 9.32. The van der Waals surface area contributed by atoms with Crippen LogP contribution in [0.1, 0.15) is 12.8 Å². The molecule has 1 amide bonds. The monoisotopic (exact) mass is 379 g/mol. The van der Waals surface area contributed by atoms with Crippen LogP contribution in [0.4, 0.5) is 0 Å². The highest BCUT2D eigenvalue weighted by molar-refractivity contribution is 5.93. The van der Waals surface area contributed by atoms with Gasteiger partial charge in [0.15, 0.2) is 6.61 Å². The van der Waals surface area contributed by atoms with Gasteiger partial charge in [0.2, 0.25) is 0 Å². The lowest BCUT2D eigenvalue weighted by Crippen LogP contribution is -2.42. The second-order valence-corrected chi connectivity index (χ2v) is 6.90. The standard InChI is InChI=1S/C22H21NO5/c24-16-8-10-23(11-9-16)21(25)14-27-17-6-7-18-19(15-4-2-1-3-5-15)13-22(26)28-20(18)12-17/h1-7,12-13,16,24H,8-11,14H2. The molecule has 0 bridgehead atoms. The van der Waals surface area contributed by atoms with Crippen LogP contribution in [0.5, 0.6) is 5.75 Å². The summed E-state index contributed by atoms with van der Waals surface area (Å²) in [6, 6.07) is 16.3. The van der Waals surface area contributed by atoms with Crippen molar-refractivity contribution < 1.29 is 19.1 Å². The molecule has 144 valence electrons. The van der Waals surface area contributed by atoms with E-state index < -0.39 is 5.63 Å². The van der Waals surface area contributed by atoms with E-state index in [1.165, 1.54) is 6.07 Å². The molecular weight excluding hydrogens is 358 g/mol. The van der Waals surface area contributed by atoms with E-state index in [1.54, 1.807) is 17.0 Å². The van der Waals surface area contributed by atoms with Crippen LogP contribution in [0, 0.1) is 0 Å². The third kappa shape index (κ3) is 3.92. The molecule has 0 unspecified atom stereocenters. The predicted octanol–water partition coefficient (Wildman–Crippen LogP) is 2.82. The zero-order valence-electron chi connectivity index (χ0n) is 15.3. The Morgan fingerprint density at radius 1 is 1.11 bits per heavy atom. The fourth-order valence-electron chi connectivity index (χ4n) is 3.44. The summed E-state index contributed by atoms with van der Waals surface area (Å²) in [5.41, 5.74) is 1.70. The van der Waals surface area contributed by atoms with Gasteiger partial charge in [-0.25, -0.2) is 4.79 Å². The molecule has 1 aromatic heterocycles. The first-order valence-electron chi connectivity index (χ1n) is 9.32. The van der Waals surface area contributed by atoms with E-state index in [2.05, 4.69) is 0 Å². The van der Waals surface area contributed by atoms with E-state index in [0.29, 0.717) is 37.3 Å². The number of hydrogen-bond acceptors (Lipinski definition) is 5. The molecule has 6 nitrogen and oxygen atoms in total. The van der Waals surface area contributed by atoms with Crippen molar-refractivity contribution in [1.29, 1.82) is 0 Å². The normalized spacial score (nSPS) is 15.0. The van der Waals surface area contributed by atoms with Gasteiger partial charge in [-0.05, 0) is 36.1 Å². The van der Waals surface area contributed by atoms with Crippen molar-refractivity contribution in [3.63, 3.8) is 0 Å². The number of amides is 1. The molecule has 1 saturated heterocycles. The summed E-state index contributed by atoms with van der Waals surface area (Å²) in [4.78, 5) is 26.0. The number of carbonyl (C=O) groups excluding carboxylic acids is 1. The maximum absolute atomic E-state index is 12.3. The van der Waals surface area contributed by atoms with Crippen molar-refractivity contribution in [3.8, 4) is 16.9 Å². The quantitative estimate of drug-likeness (QED) is 0.705. The average Bonchev–Trinajstić information content (AvgIpc) is 2.72. The smallest absolute Gasteiger partial charge is 0.336 e. The van der Waals surface area contributed by atoms with Crippen LogP contribution in [0.15, 0.2) is 63.8 Å². The Bertz CT molecular complexity index is 1040. The fraction of sp³-hybridized carbons (Fsp3) is 0.273. The lowest BCUT2D eigenvalue weighted by molar-refractivity contribution is -0.135. The molecule has 0 radical (unpaired) electrons. The molecule has 4 rings (SSSR count). The van der Waals surface area contributed by atoms with Crippen LogP contribution >= 0.6 is 0 Å². The summed E-state index contributed by atoms with van der Waals surface area (Å²) in [5.74, 6) is 0.345. The number of hydrogen-bond donors (Lipinski definition) is 1. The number of ether oxygens (including phenoxy) is 1. The Balaban J connectivity index is 1.53. The third-order valence-corrected chi connectivity index (χ3v) is 4.98. The van der Waals surface area contributed by atoms with Crippen LogP contribution in [-0.4, -0.2) is 41.7 Å². The van der Waals surface area contributed by atoms with Crippen LogP contribution in [0.25, 0.3) is 22.1 Å². The van der Waals surface area contributed by atoms with Crippen LogP contribution in [0.2, 0.25) is 0 Å². The number of rotatable bonds is 4. The summed E-state index contributed by atoms with van der Waals surface area (Å²) >= 11 is 0. The minimum atomic E-state index is -0.438. The molecule has 6 heteroatoms. The lowest BCUT2D eigenvalue weighted by atomic mass is 10.0. The molecule has 0 spiro atoms. The van der Waals surface area contributed by atoms with Gasteiger partial charge in [-0.3, -0.25) is 4.79 Å². The van der Waals surface area contributed by atoms with Crippen molar-refractivity contribution in [2.24, 2.45) is 0 Å². The highest BCUT2D eigenvalue weighted by atomic mass is 16.5. The second-order valence-electron chi connectivity index (χ2n) is 6.90. The van der Waals surface area contributed by atoms with Crippen LogP contribution < -0.4 is 10.4 Å². The fourth-order valence-corrected chi connectivity index (χ4v) is 3.44. The highest BCUT2D eigenvalue weighted by Gasteiger charge is 2.21. The number of fused-ring (bicyclic) bond motifs is 1. The first-order chi connectivity index (χ1) is 13.6. The molecular formula is C22H21NO5. The van der Waals surface area contributed by atoms with E-state index in [1.807, 2.05) is 36.4 Å². The Kier molecular flexibility index (Phi) is 5.12. The SMILES string of the molecule is O=C(COc1ccc2c(-c3ccccc3)cc(=O)oc2c1)N1CCC(O)CC1. The van der Waals surface area contributed by atoms with E-state index in [0.717, 1.165) is 16.5 Å². The van der Waals surface area contributed by atoms with Crippen LogP contribution in [0.3, 0.4) is 0 Å².